The molecule has 0 unspecified atom stereocenters. The number of thioether (sulfide) groups is 1. The van der Waals surface area contributed by atoms with Crippen molar-refractivity contribution < 1.29 is 0 Å². The van der Waals surface area contributed by atoms with E-state index >= 15 is 0 Å². The van der Waals surface area contributed by atoms with Gasteiger partial charge in [0.2, 0.25) is 0 Å². The second-order valence-electron chi connectivity index (χ2n) is 4.97. The fourth-order valence-electron chi connectivity index (χ4n) is 1.75. The van der Waals surface area contributed by atoms with Gasteiger partial charge >= 0.3 is 0 Å². The molecule has 0 bridgehead atoms. The molecule has 0 radical (unpaired) electrons. The second kappa shape index (κ2) is 4.59. The Hall–Kier alpha value is -0.180. The zero-order valence-electron chi connectivity index (χ0n) is 9.79. The number of halogens is 1. The van der Waals surface area contributed by atoms with Crippen LogP contribution in [0.2, 0.25) is 5.02 Å². The highest BCUT2D eigenvalue weighted by Gasteiger charge is 2.37. The van der Waals surface area contributed by atoms with Gasteiger partial charge in [-0.05, 0) is 37.0 Å². The quantitative estimate of drug-likeness (QED) is 0.827. The molecule has 0 heterocycles. The van der Waals surface area contributed by atoms with Crippen LogP contribution in [0.4, 0.5) is 0 Å². The Balaban J connectivity index is 2.09. The van der Waals surface area contributed by atoms with Crippen LogP contribution in [-0.4, -0.2) is 10.8 Å². The van der Waals surface area contributed by atoms with E-state index in [9.17, 15) is 0 Å². The largest absolute Gasteiger partial charge is 0.325 e. The van der Waals surface area contributed by atoms with Gasteiger partial charge in [-0.25, -0.2) is 0 Å². The highest BCUT2D eigenvalue weighted by Crippen LogP contribution is 2.37. The van der Waals surface area contributed by atoms with Gasteiger partial charge in [0.05, 0.1) is 5.02 Å². The summed E-state index contributed by atoms with van der Waals surface area (Å²) in [4.78, 5) is 1.17. The van der Waals surface area contributed by atoms with Crippen LogP contribution in [0.3, 0.4) is 0 Å². The number of rotatable bonds is 4. The Labute approximate surface area is 107 Å². The number of benzene rings is 1. The van der Waals surface area contributed by atoms with Crippen LogP contribution < -0.4 is 5.73 Å². The molecule has 1 saturated carbocycles. The lowest BCUT2D eigenvalue weighted by Crippen LogP contribution is -2.24. The molecule has 0 aromatic heterocycles. The van der Waals surface area contributed by atoms with Crippen molar-refractivity contribution in [2.75, 3.05) is 0 Å². The summed E-state index contributed by atoms with van der Waals surface area (Å²) in [5.74, 6) is 0. The molecule has 1 aliphatic rings. The van der Waals surface area contributed by atoms with Crippen molar-refractivity contribution in [1.82, 2.24) is 0 Å². The maximum Gasteiger partial charge on any atom is 0.0544 e. The first-order valence-electron chi connectivity index (χ1n) is 5.72. The molecule has 16 heavy (non-hydrogen) atoms. The van der Waals surface area contributed by atoms with Gasteiger partial charge in [-0.1, -0.05) is 31.5 Å². The molecule has 88 valence electrons. The Kier molecular flexibility index (Phi) is 3.53. The highest BCUT2D eigenvalue weighted by atomic mass is 35.5. The molecule has 1 aromatic carbocycles. The van der Waals surface area contributed by atoms with Crippen molar-refractivity contribution in [3.63, 3.8) is 0 Å². The molecule has 0 atom stereocenters. The van der Waals surface area contributed by atoms with Crippen LogP contribution in [0.25, 0.3) is 0 Å². The molecule has 0 spiro atoms. The predicted molar refractivity (Wildman–Crippen MR) is 72.3 cm³/mol. The third-order valence-corrected chi connectivity index (χ3v) is 4.31. The minimum Gasteiger partial charge on any atom is -0.325 e. The summed E-state index contributed by atoms with van der Waals surface area (Å²) in [7, 11) is 0. The van der Waals surface area contributed by atoms with Gasteiger partial charge in [0.15, 0.2) is 0 Å². The van der Waals surface area contributed by atoms with Crippen LogP contribution >= 0.6 is 23.4 Å². The fourth-order valence-corrected chi connectivity index (χ4v) is 2.91. The van der Waals surface area contributed by atoms with E-state index in [0.717, 1.165) is 24.3 Å². The molecule has 3 heteroatoms. The summed E-state index contributed by atoms with van der Waals surface area (Å²) in [6, 6.07) is 6.34. The maximum atomic E-state index is 6.26. The van der Waals surface area contributed by atoms with E-state index in [-0.39, 0.29) is 5.54 Å². The van der Waals surface area contributed by atoms with Gasteiger partial charge in [0, 0.05) is 15.7 Å². The Bertz CT molecular complexity index is 386. The zero-order valence-corrected chi connectivity index (χ0v) is 11.4. The summed E-state index contributed by atoms with van der Waals surface area (Å²) in [5.41, 5.74) is 7.43. The Morgan fingerprint density at radius 1 is 1.44 bits per heavy atom. The zero-order chi connectivity index (χ0) is 11.8. The molecule has 1 aliphatic carbocycles. The summed E-state index contributed by atoms with van der Waals surface area (Å²) >= 11 is 8.07. The molecular weight excluding hydrogens is 238 g/mol. The Morgan fingerprint density at radius 3 is 2.62 bits per heavy atom. The maximum absolute atomic E-state index is 6.26. The minimum absolute atomic E-state index is 0.0655. The smallest absolute Gasteiger partial charge is 0.0544 e. The van der Waals surface area contributed by atoms with Crippen LogP contribution in [0.5, 0.6) is 0 Å². The molecule has 1 nitrogen and oxygen atoms in total. The van der Waals surface area contributed by atoms with Crippen molar-refractivity contribution in [2.24, 2.45) is 5.73 Å². The third-order valence-electron chi connectivity index (χ3n) is 2.81. The van der Waals surface area contributed by atoms with Gasteiger partial charge in [-0.2, -0.15) is 0 Å². The van der Waals surface area contributed by atoms with E-state index in [4.69, 9.17) is 17.3 Å². The Morgan fingerprint density at radius 2 is 2.12 bits per heavy atom. The molecule has 1 aromatic rings. The first-order valence-corrected chi connectivity index (χ1v) is 6.98. The third kappa shape index (κ3) is 3.16. The molecular formula is C13H18ClNS. The van der Waals surface area contributed by atoms with Crippen molar-refractivity contribution in [1.29, 1.82) is 0 Å². The van der Waals surface area contributed by atoms with Crippen molar-refractivity contribution in [3.8, 4) is 0 Å². The summed E-state index contributed by atoms with van der Waals surface area (Å²) in [6.07, 6.45) is 3.25. The summed E-state index contributed by atoms with van der Waals surface area (Å²) in [6.45, 7) is 4.35. The average Bonchev–Trinajstić information content (AvgIpc) is 2.88. The number of hydrogen-bond acceptors (Lipinski definition) is 2. The standard InChI is InChI=1S/C13H18ClNS/c1-9(2)16-12-4-3-10(7-11(12)14)8-13(15)5-6-13/h3-4,7,9H,5-6,8,15H2,1-2H3. The van der Waals surface area contributed by atoms with Crippen LogP contribution in [0.15, 0.2) is 23.1 Å². The fraction of sp³-hybridized carbons (Fsp3) is 0.538. The first kappa shape index (κ1) is 12.3. The van der Waals surface area contributed by atoms with Gasteiger partial charge in [0.1, 0.15) is 0 Å². The van der Waals surface area contributed by atoms with E-state index in [0.29, 0.717) is 5.25 Å². The summed E-state index contributed by atoms with van der Waals surface area (Å²) in [5, 5.41) is 1.42. The topological polar surface area (TPSA) is 26.0 Å². The average molecular weight is 256 g/mol. The minimum atomic E-state index is 0.0655. The van der Waals surface area contributed by atoms with Crippen LogP contribution in [0, 0.1) is 0 Å². The normalized spacial score (nSPS) is 17.8. The molecule has 2 N–H and O–H groups in total. The lowest BCUT2D eigenvalue weighted by atomic mass is 10.1. The molecule has 0 aliphatic heterocycles. The SMILES string of the molecule is CC(C)Sc1ccc(CC2(N)CC2)cc1Cl. The second-order valence-corrected chi connectivity index (χ2v) is 7.00. The van der Waals surface area contributed by atoms with E-state index in [2.05, 4.69) is 32.0 Å². The number of hydrogen-bond donors (Lipinski definition) is 1. The van der Waals surface area contributed by atoms with Gasteiger partial charge in [0.25, 0.3) is 0 Å². The molecule has 0 saturated heterocycles. The van der Waals surface area contributed by atoms with Crippen molar-refractivity contribution >= 4 is 23.4 Å². The lowest BCUT2D eigenvalue weighted by Gasteiger charge is -2.11. The van der Waals surface area contributed by atoms with Crippen molar-refractivity contribution in [2.45, 2.75) is 48.8 Å². The molecule has 1 fully saturated rings. The van der Waals surface area contributed by atoms with E-state index in [1.807, 2.05) is 0 Å². The summed E-state index contributed by atoms with van der Waals surface area (Å²) < 4.78 is 0. The molecule has 2 rings (SSSR count). The van der Waals surface area contributed by atoms with Gasteiger partial charge in [-0.15, -0.1) is 11.8 Å². The molecule has 0 amide bonds. The van der Waals surface area contributed by atoms with Crippen LogP contribution in [0.1, 0.15) is 32.3 Å². The van der Waals surface area contributed by atoms with Gasteiger partial charge < -0.3 is 5.73 Å². The van der Waals surface area contributed by atoms with Crippen molar-refractivity contribution in [3.05, 3.63) is 28.8 Å². The predicted octanol–water partition coefficient (Wildman–Crippen LogP) is 3.87. The first-order chi connectivity index (χ1) is 7.48. The van der Waals surface area contributed by atoms with Crippen LogP contribution in [-0.2, 0) is 6.42 Å². The van der Waals surface area contributed by atoms with E-state index in [1.165, 1.54) is 10.5 Å². The van der Waals surface area contributed by atoms with E-state index in [1.54, 1.807) is 11.8 Å². The highest BCUT2D eigenvalue weighted by molar-refractivity contribution is 8.00. The number of nitrogens with two attached hydrogens (primary N) is 1. The van der Waals surface area contributed by atoms with Gasteiger partial charge in [-0.3, -0.25) is 0 Å². The monoisotopic (exact) mass is 255 g/mol. The lowest BCUT2D eigenvalue weighted by molar-refractivity contribution is 0.672. The van der Waals surface area contributed by atoms with E-state index < -0.39 is 0 Å².